The smallest absolute Gasteiger partial charge is 0.244 e. The van der Waals surface area contributed by atoms with Crippen LogP contribution in [-0.2, 0) is 9.59 Å². The van der Waals surface area contributed by atoms with Gasteiger partial charge in [-0.2, -0.15) is 0 Å². The van der Waals surface area contributed by atoms with Crippen molar-refractivity contribution in [3.8, 4) is 0 Å². The van der Waals surface area contributed by atoms with Crippen LogP contribution in [0.4, 0.5) is 0 Å². The van der Waals surface area contributed by atoms with Crippen LogP contribution < -0.4 is 11.1 Å². The van der Waals surface area contributed by atoms with Crippen LogP contribution >= 0.6 is 0 Å². The van der Waals surface area contributed by atoms with Crippen molar-refractivity contribution in [1.29, 1.82) is 0 Å². The average Bonchev–Trinajstić information content (AvgIpc) is 2.45. The van der Waals surface area contributed by atoms with E-state index in [0.717, 1.165) is 25.7 Å². The van der Waals surface area contributed by atoms with Gasteiger partial charge in [-0.25, -0.2) is 0 Å². The fraction of sp³-hybridized carbons (Fsp3) is 0.857. The zero-order chi connectivity index (χ0) is 14.5. The van der Waals surface area contributed by atoms with Crippen LogP contribution in [0.15, 0.2) is 0 Å². The molecule has 1 aliphatic carbocycles. The van der Waals surface area contributed by atoms with Gasteiger partial charge >= 0.3 is 0 Å². The molecule has 1 atom stereocenters. The van der Waals surface area contributed by atoms with E-state index in [-0.39, 0.29) is 11.8 Å². The minimum absolute atomic E-state index is 0.0555. The molecule has 2 amide bonds. The lowest BCUT2D eigenvalue weighted by Crippen LogP contribution is -2.53. The lowest BCUT2D eigenvalue weighted by molar-refractivity contribution is -0.139. The number of hydrogen-bond donors (Lipinski definition) is 2. The Kier molecular flexibility index (Phi) is 5.79. The molecule has 0 aromatic rings. The van der Waals surface area contributed by atoms with Gasteiger partial charge < -0.3 is 16.0 Å². The molecule has 0 aromatic heterocycles. The molecule has 1 aliphatic rings. The Morgan fingerprint density at radius 3 is 2.37 bits per heavy atom. The Morgan fingerprint density at radius 2 is 1.89 bits per heavy atom. The van der Waals surface area contributed by atoms with Gasteiger partial charge in [-0.3, -0.25) is 9.59 Å². The van der Waals surface area contributed by atoms with Crippen LogP contribution in [0.1, 0.15) is 46.0 Å². The molecular weight excluding hydrogens is 242 g/mol. The molecule has 5 heteroatoms. The fourth-order valence-corrected chi connectivity index (χ4v) is 2.65. The van der Waals surface area contributed by atoms with Crippen molar-refractivity contribution >= 4 is 11.8 Å². The maximum atomic E-state index is 12.4. The van der Waals surface area contributed by atoms with Crippen molar-refractivity contribution in [2.75, 3.05) is 20.1 Å². The summed E-state index contributed by atoms with van der Waals surface area (Å²) in [4.78, 5) is 26.0. The minimum Gasteiger partial charge on any atom is -0.344 e. The molecule has 5 nitrogen and oxygen atoms in total. The SMILES string of the molecule is CCN(C)C(=O)C(C)NC(=O)C1(CN)CCCCC1. The summed E-state index contributed by atoms with van der Waals surface area (Å²) in [5, 5.41) is 2.85. The molecule has 1 fully saturated rings. The standard InChI is InChI=1S/C14H27N3O2/c1-4-17(3)12(18)11(2)16-13(19)14(10-15)8-6-5-7-9-14/h11H,4-10,15H2,1-3H3,(H,16,19). The second-order valence-corrected chi connectivity index (χ2v) is 5.59. The largest absolute Gasteiger partial charge is 0.344 e. The van der Waals surface area contributed by atoms with E-state index in [1.807, 2.05) is 6.92 Å². The molecule has 0 radical (unpaired) electrons. The van der Waals surface area contributed by atoms with Crippen LogP contribution in [0, 0.1) is 5.41 Å². The van der Waals surface area contributed by atoms with Crippen LogP contribution in [0.2, 0.25) is 0 Å². The Bertz CT molecular complexity index is 325. The molecule has 19 heavy (non-hydrogen) atoms. The summed E-state index contributed by atoms with van der Waals surface area (Å²) in [6.45, 7) is 4.65. The van der Waals surface area contributed by atoms with Gasteiger partial charge in [0.1, 0.15) is 6.04 Å². The first-order valence-electron chi connectivity index (χ1n) is 7.23. The van der Waals surface area contributed by atoms with Crippen molar-refractivity contribution in [2.24, 2.45) is 11.1 Å². The van der Waals surface area contributed by atoms with E-state index in [4.69, 9.17) is 5.73 Å². The van der Waals surface area contributed by atoms with Crippen molar-refractivity contribution in [2.45, 2.75) is 52.0 Å². The third kappa shape index (κ3) is 3.69. The van der Waals surface area contributed by atoms with Gasteiger partial charge in [-0.05, 0) is 26.7 Å². The molecule has 0 aromatic carbocycles. The minimum atomic E-state index is -0.484. The van der Waals surface area contributed by atoms with Gasteiger partial charge in [-0.15, -0.1) is 0 Å². The van der Waals surface area contributed by atoms with Crippen molar-refractivity contribution in [1.82, 2.24) is 10.2 Å². The van der Waals surface area contributed by atoms with E-state index >= 15 is 0 Å². The van der Waals surface area contributed by atoms with E-state index in [0.29, 0.717) is 13.1 Å². The number of nitrogens with two attached hydrogens (primary N) is 1. The fourth-order valence-electron chi connectivity index (χ4n) is 2.65. The van der Waals surface area contributed by atoms with E-state index in [9.17, 15) is 9.59 Å². The van der Waals surface area contributed by atoms with Crippen LogP contribution in [-0.4, -0.2) is 42.9 Å². The summed E-state index contributed by atoms with van der Waals surface area (Å²) in [5.41, 5.74) is 5.36. The molecule has 0 aliphatic heterocycles. The summed E-state index contributed by atoms with van der Waals surface area (Å²) in [6, 6.07) is -0.484. The summed E-state index contributed by atoms with van der Waals surface area (Å²) in [5.74, 6) is -0.112. The van der Waals surface area contributed by atoms with Crippen molar-refractivity contribution < 1.29 is 9.59 Å². The summed E-state index contributed by atoms with van der Waals surface area (Å²) < 4.78 is 0. The van der Waals surface area contributed by atoms with Gasteiger partial charge in [0.25, 0.3) is 0 Å². The first-order chi connectivity index (χ1) is 8.96. The van der Waals surface area contributed by atoms with Gasteiger partial charge in [0.15, 0.2) is 0 Å². The number of carbonyl (C=O) groups is 2. The Labute approximate surface area is 115 Å². The van der Waals surface area contributed by atoms with Gasteiger partial charge in [0.2, 0.25) is 11.8 Å². The number of amides is 2. The summed E-state index contributed by atoms with van der Waals surface area (Å²) >= 11 is 0. The molecule has 0 bridgehead atoms. The number of likely N-dealkylation sites (N-methyl/N-ethyl adjacent to an activating group) is 1. The van der Waals surface area contributed by atoms with Crippen LogP contribution in [0.3, 0.4) is 0 Å². The lowest BCUT2D eigenvalue weighted by atomic mass is 9.73. The number of carbonyl (C=O) groups excluding carboxylic acids is 2. The highest BCUT2D eigenvalue weighted by molar-refractivity contribution is 5.90. The Balaban J connectivity index is 2.64. The molecule has 0 saturated heterocycles. The second kappa shape index (κ2) is 6.89. The quantitative estimate of drug-likeness (QED) is 0.778. The Morgan fingerprint density at radius 1 is 1.32 bits per heavy atom. The number of rotatable bonds is 5. The lowest BCUT2D eigenvalue weighted by Gasteiger charge is -2.35. The van der Waals surface area contributed by atoms with Gasteiger partial charge in [0.05, 0.1) is 5.41 Å². The molecule has 1 rings (SSSR count). The molecule has 1 unspecified atom stereocenters. The molecule has 3 N–H and O–H groups in total. The average molecular weight is 269 g/mol. The monoisotopic (exact) mass is 269 g/mol. The highest BCUT2D eigenvalue weighted by Gasteiger charge is 2.39. The highest BCUT2D eigenvalue weighted by Crippen LogP contribution is 2.35. The Hall–Kier alpha value is -1.10. The first-order valence-corrected chi connectivity index (χ1v) is 7.23. The van der Waals surface area contributed by atoms with E-state index in [2.05, 4.69) is 5.32 Å². The number of nitrogens with one attached hydrogen (secondary N) is 1. The van der Waals surface area contributed by atoms with Crippen LogP contribution in [0.25, 0.3) is 0 Å². The van der Waals surface area contributed by atoms with Crippen LogP contribution in [0.5, 0.6) is 0 Å². The van der Waals surface area contributed by atoms with Crippen molar-refractivity contribution in [3.63, 3.8) is 0 Å². The molecule has 110 valence electrons. The third-order valence-corrected chi connectivity index (χ3v) is 4.25. The predicted octanol–water partition coefficient (Wildman–Crippen LogP) is 0.879. The first kappa shape index (κ1) is 16.0. The van der Waals surface area contributed by atoms with E-state index < -0.39 is 11.5 Å². The zero-order valence-corrected chi connectivity index (χ0v) is 12.4. The number of nitrogens with zero attached hydrogens (tertiary/aromatic N) is 1. The highest BCUT2D eigenvalue weighted by atomic mass is 16.2. The summed E-state index contributed by atoms with van der Waals surface area (Å²) in [6.07, 6.45) is 4.92. The maximum Gasteiger partial charge on any atom is 0.244 e. The second-order valence-electron chi connectivity index (χ2n) is 5.59. The van der Waals surface area contributed by atoms with E-state index in [1.165, 1.54) is 6.42 Å². The van der Waals surface area contributed by atoms with Crippen molar-refractivity contribution in [3.05, 3.63) is 0 Å². The molecular formula is C14H27N3O2. The molecule has 0 heterocycles. The van der Waals surface area contributed by atoms with E-state index in [1.54, 1.807) is 18.9 Å². The normalized spacial score (nSPS) is 19.6. The molecule has 1 saturated carbocycles. The predicted molar refractivity (Wildman–Crippen MR) is 75.5 cm³/mol. The maximum absolute atomic E-state index is 12.4. The van der Waals surface area contributed by atoms with Gasteiger partial charge in [0, 0.05) is 20.1 Å². The topological polar surface area (TPSA) is 75.4 Å². The number of hydrogen-bond acceptors (Lipinski definition) is 3. The molecule has 0 spiro atoms. The third-order valence-electron chi connectivity index (χ3n) is 4.25. The zero-order valence-electron chi connectivity index (χ0n) is 12.4. The summed E-state index contributed by atoms with van der Waals surface area (Å²) in [7, 11) is 1.74. The van der Waals surface area contributed by atoms with Gasteiger partial charge in [-0.1, -0.05) is 19.3 Å².